The number of likely N-dealkylation sites (N-methyl/N-ethyl adjacent to an activating group) is 1. The Balaban J connectivity index is 4.37. The van der Waals surface area contributed by atoms with Crippen LogP contribution in [0.5, 0.6) is 0 Å². The third-order valence-electron chi connectivity index (χ3n) is 3.35. The van der Waals surface area contributed by atoms with Gasteiger partial charge in [-0.25, -0.2) is 0 Å². The van der Waals surface area contributed by atoms with Gasteiger partial charge in [-0.1, -0.05) is 27.7 Å². The first-order valence-electron chi connectivity index (χ1n) is 6.78. The predicted molar refractivity (Wildman–Crippen MR) is 77.3 cm³/mol. The van der Waals surface area contributed by atoms with Gasteiger partial charge in [0.1, 0.15) is 0 Å². The van der Waals surface area contributed by atoms with Gasteiger partial charge < -0.3 is 15.5 Å². The molecule has 0 saturated heterocycles. The van der Waals surface area contributed by atoms with Crippen LogP contribution < -0.4 is 5.73 Å². The Kier molecular flexibility index (Phi) is 7.29. The topological polar surface area (TPSA) is 32.5 Å². The fourth-order valence-electron chi connectivity index (χ4n) is 1.81. The molecule has 0 radical (unpaired) electrons. The van der Waals surface area contributed by atoms with Crippen LogP contribution in [-0.4, -0.2) is 56.1 Å². The summed E-state index contributed by atoms with van der Waals surface area (Å²) in [7, 11) is 4.26. The number of nitrogens with two attached hydrogens (primary N) is 1. The van der Waals surface area contributed by atoms with E-state index < -0.39 is 0 Å². The molecule has 1 atom stereocenters. The number of hydrogen-bond donors (Lipinski definition) is 1. The van der Waals surface area contributed by atoms with E-state index in [-0.39, 0.29) is 11.5 Å². The van der Waals surface area contributed by atoms with Crippen molar-refractivity contribution >= 4 is 0 Å². The van der Waals surface area contributed by atoms with Crippen LogP contribution >= 0.6 is 0 Å². The van der Waals surface area contributed by atoms with E-state index in [1.807, 2.05) is 0 Å². The van der Waals surface area contributed by atoms with Gasteiger partial charge in [0.05, 0.1) is 0 Å². The quantitative estimate of drug-likeness (QED) is 0.706. The van der Waals surface area contributed by atoms with E-state index in [2.05, 4.69) is 58.5 Å². The molecule has 0 spiro atoms. The predicted octanol–water partition coefficient (Wildman–Crippen LogP) is 1.88. The number of hydrogen-bond acceptors (Lipinski definition) is 3. The minimum atomic E-state index is 0.182. The van der Waals surface area contributed by atoms with Gasteiger partial charge in [0.2, 0.25) is 0 Å². The molecule has 0 aliphatic carbocycles. The SMILES string of the molecule is CC(C)CN(CCN(C)C)CC(C)(C)C(C)N. The minimum Gasteiger partial charge on any atom is -0.327 e. The molecule has 0 aliphatic rings. The largest absolute Gasteiger partial charge is 0.327 e. The Morgan fingerprint density at radius 1 is 1.06 bits per heavy atom. The lowest BCUT2D eigenvalue weighted by Crippen LogP contribution is -2.46. The maximum absolute atomic E-state index is 6.07. The summed E-state index contributed by atoms with van der Waals surface area (Å²) in [4.78, 5) is 4.79. The van der Waals surface area contributed by atoms with E-state index in [4.69, 9.17) is 5.73 Å². The summed E-state index contributed by atoms with van der Waals surface area (Å²) in [5.41, 5.74) is 6.25. The highest BCUT2D eigenvalue weighted by Crippen LogP contribution is 2.21. The van der Waals surface area contributed by atoms with Gasteiger partial charge >= 0.3 is 0 Å². The summed E-state index contributed by atoms with van der Waals surface area (Å²) < 4.78 is 0. The second kappa shape index (κ2) is 7.34. The summed E-state index contributed by atoms with van der Waals surface area (Å²) in [6.45, 7) is 15.7. The second-order valence-corrected chi connectivity index (χ2v) is 6.71. The summed E-state index contributed by atoms with van der Waals surface area (Å²) in [6, 6.07) is 0.233. The highest BCUT2D eigenvalue weighted by atomic mass is 15.2. The first kappa shape index (κ1) is 16.9. The molecule has 0 heterocycles. The summed E-state index contributed by atoms with van der Waals surface area (Å²) >= 11 is 0. The fraction of sp³-hybridized carbons (Fsp3) is 1.00. The molecule has 104 valence electrons. The van der Waals surface area contributed by atoms with Crippen molar-refractivity contribution in [2.45, 2.75) is 40.7 Å². The molecule has 0 saturated carbocycles. The summed E-state index contributed by atoms with van der Waals surface area (Å²) in [5.74, 6) is 0.709. The maximum atomic E-state index is 6.07. The monoisotopic (exact) mass is 243 g/mol. The van der Waals surface area contributed by atoms with Crippen LogP contribution in [0, 0.1) is 11.3 Å². The molecule has 0 aliphatic heterocycles. The van der Waals surface area contributed by atoms with Crippen molar-refractivity contribution in [2.75, 3.05) is 40.3 Å². The summed E-state index contributed by atoms with van der Waals surface area (Å²) in [6.07, 6.45) is 0. The second-order valence-electron chi connectivity index (χ2n) is 6.71. The van der Waals surface area contributed by atoms with Crippen molar-refractivity contribution < 1.29 is 0 Å². The lowest BCUT2D eigenvalue weighted by molar-refractivity contribution is 0.135. The lowest BCUT2D eigenvalue weighted by Gasteiger charge is -2.36. The maximum Gasteiger partial charge on any atom is 0.0109 e. The van der Waals surface area contributed by atoms with Crippen molar-refractivity contribution in [3.05, 3.63) is 0 Å². The average Bonchev–Trinajstić information content (AvgIpc) is 2.12. The third-order valence-corrected chi connectivity index (χ3v) is 3.35. The molecule has 0 bridgehead atoms. The molecule has 0 rings (SSSR count). The number of nitrogens with zero attached hydrogens (tertiary/aromatic N) is 2. The van der Waals surface area contributed by atoms with Crippen molar-refractivity contribution in [1.29, 1.82) is 0 Å². The molecule has 0 aromatic heterocycles. The zero-order valence-electron chi connectivity index (χ0n) is 13.0. The van der Waals surface area contributed by atoms with E-state index >= 15 is 0 Å². The molecule has 2 N–H and O–H groups in total. The highest BCUT2D eigenvalue weighted by molar-refractivity contribution is 4.82. The van der Waals surface area contributed by atoms with Gasteiger partial charge in [-0.3, -0.25) is 0 Å². The Bertz CT molecular complexity index is 198. The van der Waals surface area contributed by atoms with E-state index in [0.29, 0.717) is 5.92 Å². The summed E-state index contributed by atoms with van der Waals surface area (Å²) in [5, 5.41) is 0. The van der Waals surface area contributed by atoms with Crippen LogP contribution in [0.2, 0.25) is 0 Å². The molecular weight excluding hydrogens is 210 g/mol. The van der Waals surface area contributed by atoms with E-state index in [1.165, 1.54) is 0 Å². The first-order valence-corrected chi connectivity index (χ1v) is 6.78. The Hall–Kier alpha value is -0.120. The van der Waals surface area contributed by atoms with Crippen LogP contribution in [0.1, 0.15) is 34.6 Å². The molecule has 1 unspecified atom stereocenters. The minimum absolute atomic E-state index is 0.182. The van der Waals surface area contributed by atoms with Gasteiger partial charge in [-0.2, -0.15) is 0 Å². The molecule has 0 fully saturated rings. The van der Waals surface area contributed by atoms with Crippen LogP contribution in [0.15, 0.2) is 0 Å². The molecule has 3 nitrogen and oxygen atoms in total. The normalized spacial score (nSPS) is 15.0. The zero-order valence-corrected chi connectivity index (χ0v) is 13.0. The third kappa shape index (κ3) is 7.74. The molecule has 0 amide bonds. The van der Waals surface area contributed by atoms with Crippen molar-refractivity contribution in [3.8, 4) is 0 Å². The van der Waals surface area contributed by atoms with Crippen LogP contribution in [0.3, 0.4) is 0 Å². The van der Waals surface area contributed by atoms with Gasteiger partial charge in [0, 0.05) is 32.2 Å². The fourth-order valence-corrected chi connectivity index (χ4v) is 1.81. The van der Waals surface area contributed by atoms with Crippen LogP contribution in [-0.2, 0) is 0 Å². The average molecular weight is 243 g/mol. The smallest absolute Gasteiger partial charge is 0.0109 e. The van der Waals surface area contributed by atoms with Crippen LogP contribution in [0.25, 0.3) is 0 Å². The van der Waals surface area contributed by atoms with E-state index in [0.717, 1.165) is 26.2 Å². The standard InChI is InChI=1S/C14H33N3/c1-12(2)10-17(9-8-16(6)7)11-14(4,5)13(3)15/h12-13H,8-11,15H2,1-7H3. The molecule has 0 aromatic carbocycles. The molecule has 17 heavy (non-hydrogen) atoms. The van der Waals surface area contributed by atoms with Gasteiger partial charge in [0.25, 0.3) is 0 Å². The van der Waals surface area contributed by atoms with Gasteiger partial charge in [0.15, 0.2) is 0 Å². The Labute approximate surface area is 108 Å². The van der Waals surface area contributed by atoms with Gasteiger partial charge in [-0.05, 0) is 32.4 Å². The lowest BCUT2D eigenvalue weighted by atomic mass is 9.85. The number of rotatable bonds is 8. The zero-order chi connectivity index (χ0) is 13.6. The highest BCUT2D eigenvalue weighted by Gasteiger charge is 2.26. The molecule has 3 heteroatoms. The van der Waals surface area contributed by atoms with Crippen molar-refractivity contribution in [2.24, 2.45) is 17.1 Å². The van der Waals surface area contributed by atoms with Crippen molar-refractivity contribution in [1.82, 2.24) is 9.80 Å². The molecular formula is C14H33N3. The molecule has 0 aromatic rings. The van der Waals surface area contributed by atoms with E-state index in [1.54, 1.807) is 0 Å². The van der Waals surface area contributed by atoms with Gasteiger partial charge in [-0.15, -0.1) is 0 Å². The Morgan fingerprint density at radius 3 is 1.94 bits per heavy atom. The van der Waals surface area contributed by atoms with Crippen molar-refractivity contribution in [3.63, 3.8) is 0 Å². The first-order chi connectivity index (χ1) is 7.65. The van der Waals surface area contributed by atoms with E-state index in [9.17, 15) is 0 Å². The van der Waals surface area contributed by atoms with Crippen LogP contribution in [0.4, 0.5) is 0 Å². The Morgan fingerprint density at radius 2 is 1.59 bits per heavy atom.